The summed E-state index contributed by atoms with van der Waals surface area (Å²) in [4.78, 5) is 25.1. The third-order valence-electron chi connectivity index (χ3n) is 4.33. The molecule has 0 aliphatic carbocycles. The number of halogens is 1. The van der Waals surface area contributed by atoms with Gasteiger partial charge in [-0.25, -0.2) is 18.0 Å². The van der Waals surface area contributed by atoms with Crippen LogP contribution < -0.4 is 14.9 Å². The summed E-state index contributed by atoms with van der Waals surface area (Å²) in [6.07, 6.45) is 0. The molecule has 160 valence electrons. The molecule has 3 rings (SSSR count). The second-order valence-corrected chi connectivity index (χ2v) is 9.03. The number of nitrogens with one attached hydrogen (secondary N) is 2. The molecule has 0 aliphatic heterocycles. The van der Waals surface area contributed by atoms with Crippen molar-refractivity contribution in [1.29, 1.82) is 0 Å². The lowest BCUT2D eigenvalue weighted by molar-refractivity contribution is 0.238. The fourth-order valence-electron chi connectivity index (χ4n) is 2.70. The number of carbonyl (C=O) groups is 2. The van der Waals surface area contributed by atoms with E-state index in [1.54, 1.807) is 36.4 Å². The largest absolute Gasteiger partial charge is 0.344 e. The van der Waals surface area contributed by atoms with E-state index >= 15 is 0 Å². The van der Waals surface area contributed by atoms with Crippen molar-refractivity contribution in [1.82, 2.24) is 5.32 Å². The quantitative estimate of drug-likeness (QED) is 0.570. The van der Waals surface area contributed by atoms with Gasteiger partial charge in [0.05, 0.1) is 10.6 Å². The highest BCUT2D eigenvalue weighted by Gasteiger charge is 2.32. The molecule has 0 fully saturated rings. The lowest BCUT2D eigenvalue weighted by atomic mass is 10.2. The molecule has 0 atom stereocenters. The summed E-state index contributed by atoms with van der Waals surface area (Å²) in [5.41, 5.74) is 2.35. The second kappa shape index (κ2) is 9.20. The maximum atomic E-state index is 13.2. The lowest BCUT2D eigenvalue weighted by Gasteiger charge is -2.23. The van der Waals surface area contributed by atoms with Gasteiger partial charge in [0.25, 0.3) is 10.0 Å². The number of rotatable bonds is 4. The summed E-state index contributed by atoms with van der Waals surface area (Å²) in [6, 6.07) is 16.6. The fourth-order valence-corrected chi connectivity index (χ4v) is 4.18. The van der Waals surface area contributed by atoms with Gasteiger partial charge in [-0.3, -0.25) is 5.32 Å². The van der Waals surface area contributed by atoms with E-state index in [0.717, 1.165) is 11.1 Å². The first-order chi connectivity index (χ1) is 14.7. The number of amides is 4. The number of urea groups is 2. The summed E-state index contributed by atoms with van der Waals surface area (Å²) >= 11 is 5.90. The zero-order valence-corrected chi connectivity index (χ0v) is 18.4. The fraction of sp³-hybridized carbons (Fsp3) is 0.0909. The maximum Gasteiger partial charge on any atom is 0.344 e. The topological polar surface area (TPSA) is 95.6 Å². The van der Waals surface area contributed by atoms with Crippen molar-refractivity contribution < 1.29 is 18.0 Å². The summed E-state index contributed by atoms with van der Waals surface area (Å²) < 4.78 is 27.0. The van der Waals surface area contributed by atoms with Gasteiger partial charge in [0.1, 0.15) is 0 Å². The Bertz CT molecular complexity index is 1190. The average Bonchev–Trinajstić information content (AvgIpc) is 2.71. The highest BCUT2D eigenvalue weighted by atomic mass is 35.5. The normalized spacial score (nSPS) is 10.9. The molecule has 2 N–H and O–H groups in total. The van der Waals surface area contributed by atoms with E-state index in [-0.39, 0.29) is 10.6 Å². The third kappa shape index (κ3) is 5.42. The Labute approximate surface area is 185 Å². The molecule has 0 saturated heterocycles. The highest BCUT2D eigenvalue weighted by molar-refractivity contribution is 7.93. The van der Waals surface area contributed by atoms with Crippen molar-refractivity contribution in [3.8, 4) is 0 Å². The van der Waals surface area contributed by atoms with Crippen molar-refractivity contribution in [3.05, 3.63) is 88.9 Å². The molecule has 0 aromatic heterocycles. The van der Waals surface area contributed by atoms with Gasteiger partial charge in [0.15, 0.2) is 0 Å². The minimum absolute atomic E-state index is 0.0330. The SMILES string of the molecule is Cc1ccc(NC(=O)NC(=O)N(c2ccc(Cl)cc2)S(=O)(=O)c2ccc(C)cc2)cc1. The van der Waals surface area contributed by atoms with Crippen LogP contribution in [0.4, 0.5) is 21.0 Å². The molecular weight excluding hydrogens is 438 g/mol. The van der Waals surface area contributed by atoms with Gasteiger partial charge >= 0.3 is 12.1 Å². The van der Waals surface area contributed by atoms with Crippen molar-refractivity contribution in [2.24, 2.45) is 0 Å². The van der Waals surface area contributed by atoms with E-state index in [4.69, 9.17) is 11.6 Å². The molecular formula is C22H20ClN3O4S. The van der Waals surface area contributed by atoms with Gasteiger partial charge in [-0.1, -0.05) is 47.0 Å². The molecule has 31 heavy (non-hydrogen) atoms. The molecule has 0 unspecified atom stereocenters. The summed E-state index contributed by atoms with van der Waals surface area (Å²) in [5.74, 6) is 0. The van der Waals surface area contributed by atoms with Crippen molar-refractivity contribution in [2.75, 3.05) is 9.62 Å². The van der Waals surface area contributed by atoms with Crippen LogP contribution in [-0.4, -0.2) is 20.5 Å². The number of imide groups is 1. The Balaban J connectivity index is 1.91. The Morgan fingerprint density at radius 2 is 1.32 bits per heavy atom. The number of nitrogens with zero attached hydrogens (tertiary/aromatic N) is 1. The van der Waals surface area contributed by atoms with Crippen LogP contribution in [0.2, 0.25) is 5.02 Å². The first-order valence-electron chi connectivity index (χ1n) is 9.23. The number of aryl methyl sites for hydroxylation is 2. The van der Waals surface area contributed by atoms with Gasteiger partial charge in [0.2, 0.25) is 0 Å². The molecule has 0 bridgehead atoms. The Kier molecular flexibility index (Phi) is 6.62. The van der Waals surface area contributed by atoms with Gasteiger partial charge < -0.3 is 5.32 Å². The van der Waals surface area contributed by atoms with E-state index in [0.29, 0.717) is 15.0 Å². The Morgan fingerprint density at radius 1 is 0.806 bits per heavy atom. The van der Waals surface area contributed by atoms with Crippen LogP contribution in [0.1, 0.15) is 11.1 Å². The molecule has 3 aromatic rings. The zero-order valence-electron chi connectivity index (χ0n) is 16.8. The number of sulfonamides is 1. The molecule has 0 heterocycles. The molecule has 9 heteroatoms. The van der Waals surface area contributed by atoms with E-state index in [1.807, 2.05) is 13.8 Å². The molecule has 0 aliphatic rings. The minimum Gasteiger partial charge on any atom is -0.308 e. The van der Waals surface area contributed by atoms with Gasteiger partial charge in [-0.05, 0) is 62.4 Å². The number of anilines is 2. The molecule has 0 saturated carbocycles. The van der Waals surface area contributed by atoms with Gasteiger partial charge in [-0.2, -0.15) is 4.31 Å². The van der Waals surface area contributed by atoms with Crippen LogP contribution in [0.25, 0.3) is 0 Å². The van der Waals surface area contributed by atoms with E-state index in [2.05, 4.69) is 10.6 Å². The predicted molar refractivity (Wildman–Crippen MR) is 121 cm³/mol. The van der Waals surface area contributed by atoms with Crippen molar-refractivity contribution in [2.45, 2.75) is 18.7 Å². The average molecular weight is 458 g/mol. The number of hydrogen-bond acceptors (Lipinski definition) is 4. The maximum absolute atomic E-state index is 13.2. The molecule has 3 aromatic carbocycles. The molecule has 0 spiro atoms. The molecule has 7 nitrogen and oxygen atoms in total. The van der Waals surface area contributed by atoms with Gasteiger partial charge in [-0.15, -0.1) is 0 Å². The predicted octanol–water partition coefficient (Wildman–Crippen LogP) is 5.09. The van der Waals surface area contributed by atoms with Crippen LogP contribution in [0.5, 0.6) is 0 Å². The van der Waals surface area contributed by atoms with Crippen LogP contribution >= 0.6 is 11.6 Å². The smallest absolute Gasteiger partial charge is 0.308 e. The Morgan fingerprint density at radius 3 is 1.87 bits per heavy atom. The van der Waals surface area contributed by atoms with Gasteiger partial charge in [0, 0.05) is 10.7 Å². The van der Waals surface area contributed by atoms with Crippen molar-refractivity contribution >= 4 is 45.1 Å². The number of benzene rings is 3. The second-order valence-electron chi connectivity index (χ2n) is 6.81. The summed E-state index contributed by atoms with van der Waals surface area (Å²) in [6.45, 7) is 3.71. The molecule has 4 amide bonds. The summed E-state index contributed by atoms with van der Waals surface area (Å²) in [7, 11) is -4.31. The van der Waals surface area contributed by atoms with Crippen LogP contribution in [0, 0.1) is 13.8 Å². The monoisotopic (exact) mass is 457 g/mol. The third-order valence-corrected chi connectivity index (χ3v) is 6.31. The first-order valence-corrected chi connectivity index (χ1v) is 11.0. The highest BCUT2D eigenvalue weighted by Crippen LogP contribution is 2.25. The lowest BCUT2D eigenvalue weighted by Crippen LogP contribution is -2.47. The minimum atomic E-state index is -4.31. The first kappa shape index (κ1) is 22.3. The van der Waals surface area contributed by atoms with Crippen LogP contribution in [-0.2, 0) is 10.0 Å². The number of hydrogen-bond donors (Lipinski definition) is 2. The standard InChI is InChI=1S/C22H20ClN3O4S/c1-15-3-9-18(10-4-15)24-21(27)25-22(28)26(19-11-7-17(23)8-12-19)31(29,30)20-13-5-16(2)6-14-20/h3-14H,1-2H3,(H2,24,25,27,28). The Hall–Kier alpha value is -3.36. The number of carbonyl (C=O) groups excluding carboxylic acids is 2. The van der Waals surface area contributed by atoms with Crippen LogP contribution in [0.15, 0.2) is 77.7 Å². The van der Waals surface area contributed by atoms with Crippen molar-refractivity contribution in [3.63, 3.8) is 0 Å². The van der Waals surface area contributed by atoms with Crippen LogP contribution in [0.3, 0.4) is 0 Å². The summed E-state index contributed by atoms with van der Waals surface area (Å²) in [5, 5.41) is 4.94. The van der Waals surface area contributed by atoms with E-state index in [1.165, 1.54) is 36.4 Å². The van der Waals surface area contributed by atoms with E-state index in [9.17, 15) is 18.0 Å². The van der Waals surface area contributed by atoms with E-state index < -0.39 is 22.1 Å². The molecule has 0 radical (unpaired) electrons. The zero-order chi connectivity index (χ0) is 22.6.